The van der Waals surface area contributed by atoms with E-state index in [-0.39, 0.29) is 13.4 Å². The highest BCUT2D eigenvalue weighted by molar-refractivity contribution is 7.85. The summed E-state index contributed by atoms with van der Waals surface area (Å²) in [5.74, 6) is 0.982. The first-order valence-electron chi connectivity index (χ1n) is 44.3. The van der Waals surface area contributed by atoms with Gasteiger partial charge >= 0.3 is 0 Å². The Hall–Kier alpha value is -13.8. The van der Waals surface area contributed by atoms with Gasteiger partial charge in [-0.25, -0.2) is 34.9 Å². The number of hydrogen-bond acceptors (Lipinski definition) is 8. The van der Waals surface area contributed by atoms with E-state index in [1.54, 1.807) is 0 Å². The third kappa shape index (κ3) is 20.0. The molecule has 0 fully saturated rings. The van der Waals surface area contributed by atoms with Crippen LogP contribution in [0.1, 0.15) is 101 Å². The fourth-order valence-electron chi connectivity index (χ4n) is 16.5. The van der Waals surface area contributed by atoms with Gasteiger partial charge < -0.3 is 4.57 Å². The van der Waals surface area contributed by atoms with E-state index >= 15 is 0 Å². The van der Waals surface area contributed by atoms with Crippen LogP contribution in [0.15, 0.2) is 340 Å². The van der Waals surface area contributed by atoms with E-state index in [0.29, 0.717) is 6.71 Å². The number of aromatic nitrogens is 8. The summed E-state index contributed by atoms with van der Waals surface area (Å²) >= 11 is 0. The van der Waals surface area contributed by atoms with Gasteiger partial charge in [0.05, 0.1) is 45.2 Å². The number of benzene rings is 15. The van der Waals surface area contributed by atoms with E-state index in [4.69, 9.17) is 34.9 Å². The van der Waals surface area contributed by atoms with Gasteiger partial charge in [0.25, 0.3) is 0 Å². The Balaban J connectivity index is 0.000000125. The molecule has 0 bridgehead atoms. The maximum absolute atomic E-state index is 14.2. The molecular weight excluding hydrogens is 1570 g/mol. The van der Waals surface area contributed by atoms with Crippen LogP contribution in [0.25, 0.3) is 61.2 Å². The summed E-state index contributed by atoms with van der Waals surface area (Å²) in [6.07, 6.45) is 0. The van der Waals surface area contributed by atoms with Crippen LogP contribution in [0.3, 0.4) is 0 Å². The number of nitrogens with zero attached hydrogens (tertiary/aromatic N) is 8. The third-order valence-electron chi connectivity index (χ3n) is 24.7. The van der Waals surface area contributed by atoms with E-state index in [1.165, 1.54) is 116 Å². The molecular formula is C115H110B3N8OP. The first-order chi connectivity index (χ1) is 61.7. The third-order valence-corrected chi connectivity index (χ3v) is 27.8. The lowest BCUT2D eigenvalue weighted by atomic mass is 9.35. The van der Waals surface area contributed by atoms with Crippen molar-refractivity contribution in [2.45, 2.75) is 125 Å². The second-order valence-corrected chi connectivity index (χ2v) is 37.3. The number of fused-ring (bicyclic) bond motifs is 7. The molecule has 4 aromatic heterocycles. The van der Waals surface area contributed by atoms with Crippen LogP contribution >= 0.6 is 7.14 Å². The maximum Gasteiger partial charge on any atom is 0.241 e. The van der Waals surface area contributed by atoms with E-state index in [1.807, 2.05) is 108 Å². The molecule has 630 valence electrons. The Morgan fingerprint density at radius 1 is 0.227 bits per heavy atom. The summed E-state index contributed by atoms with van der Waals surface area (Å²) in [5, 5.41) is 2.68. The minimum absolute atomic E-state index is 0.206. The van der Waals surface area contributed by atoms with Gasteiger partial charge in [0, 0.05) is 27.2 Å². The van der Waals surface area contributed by atoms with Gasteiger partial charge in [-0.2, -0.15) is 0 Å². The zero-order chi connectivity index (χ0) is 90.0. The molecule has 0 N–H and O–H groups in total. The molecule has 0 aliphatic rings. The molecule has 19 aromatic rings. The van der Waals surface area contributed by atoms with Crippen LogP contribution in [0.5, 0.6) is 0 Å². The van der Waals surface area contributed by atoms with Crippen LogP contribution in [-0.4, -0.2) is 59.6 Å². The molecule has 0 radical (unpaired) electrons. The van der Waals surface area contributed by atoms with Crippen molar-refractivity contribution in [3.63, 3.8) is 0 Å². The van der Waals surface area contributed by atoms with Crippen LogP contribution < -0.4 is 65.1 Å². The average Bonchev–Trinajstić information content (AvgIpc) is 0.882. The van der Waals surface area contributed by atoms with Gasteiger partial charge in [-0.05, 0) is 178 Å². The topological polar surface area (TPSA) is 112 Å². The van der Waals surface area contributed by atoms with E-state index in [0.717, 1.165) is 111 Å². The fraction of sp³-hybridized carbons (Fsp3) is 0.157. The predicted octanol–water partition coefficient (Wildman–Crippen LogP) is 20.0. The Kier molecular flexibility index (Phi) is 27.4. The zero-order valence-electron chi connectivity index (χ0n) is 77.0. The van der Waals surface area contributed by atoms with Crippen LogP contribution in [0.4, 0.5) is 0 Å². The van der Waals surface area contributed by atoms with Gasteiger partial charge in [0.2, 0.25) is 20.1 Å². The molecule has 0 atom stereocenters. The Morgan fingerprint density at radius 3 is 0.703 bits per heavy atom. The minimum atomic E-state index is -2.85. The van der Waals surface area contributed by atoms with Crippen molar-refractivity contribution >= 4 is 136 Å². The Bertz CT molecular complexity index is 6510. The lowest BCUT2D eigenvalue weighted by molar-refractivity contribution is 0.592. The molecule has 0 saturated heterocycles. The number of aryl methyl sites for hydroxylation is 17. The normalized spacial score (nSPS) is 11.1. The maximum atomic E-state index is 14.2. The van der Waals surface area contributed by atoms with Crippen molar-refractivity contribution in [3.05, 3.63) is 441 Å². The minimum Gasteiger partial charge on any atom is -0.309 e. The Labute approximate surface area is 757 Å². The molecule has 19 rings (SSSR count). The van der Waals surface area contributed by atoms with Crippen molar-refractivity contribution in [1.29, 1.82) is 0 Å². The lowest BCUT2D eigenvalue weighted by Crippen LogP contribution is -2.54. The van der Waals surface area contributed by atoms with Crippen molar-refractivity contribution < 1.29 is 4.57 Å². The lowest BCUT2D eigenvalue weighted by Gasteiger charge is -2.21. The molecule has 128 heavy (non-hydrogen) atoms. The van der Waals surface area contributed by atoms with Crippen LogP contribution in [0, 0.1) is 125 Å². The van der Waals surface area contributed by atoms with Crippen LogP contribution in [-0.2, 0) is 4.57 Å². The van der Waals surface area contributed by atoms with E-state index in [2.05, 4.69) is 361 Å². The second-order valence-electron chi connectivity index (χ2n) is 34.6. The molecule has 0 aliphatic carbocycles. The first-order valence-corrected chi connectivity index (χ1v) is 46.0. The predicted molar refractivity (Wildman–Crippen MR) is 549 cm³/mol. The summed E-state index contributed by atoms with van der Waals surface area (Å²) in [6.45, 7) is 38.0. The second kappa shape index (κ2) is 39.4. The molecule has 0 unspecified atom stereocenters. The summed E-state index contributed by atoms with van der Waals surface area (Å²) in [7, 11) is -2.85. The molecule has 13 heteroatoms. The van der Waals surface area contributed by atoms with Gasteiger partial charge in [-0.1, -0.05) is 403 Å². The molecule has 4 heterocycles. The van der Waals surface area contributed by atoms with E-state index < -0.39 is 7.14 Å². The molecule has 0 amide bonds. The average molecular weight is 1680 g/mol. The number of rotatable bonds is 14. The smallest absolute Gasteiger partial charge is 0.241 e. The number of para-hydroxylation sites is 2. The molecule has 9 nitrogen and oxygen atoms in total. The summed E-state index contributed by atoms with van der Waals surface area (Å²) in [5.41, 5.74) is 41.4. The van der Waals surface area contributed by atoms with Gasteiger partial charge in [0.1, 0.15) is 38.9 Å². The Morgan fingerprint density at radius 2 is 0.445 bits per heavy atom. The standard InChI is InChI=1S/C34H32B2.C21H21B.C21H18N2.C21H21OP.C18H18N6/c1-25-5-13-29(14-6-25)35(30-15-7-26(2)8-16-30)33-21-23-34(24-22-33)36(31-17-9-27(3)10-18-31)32-19-11-28(4)12-20-32;1-16-4-10-19(11-5-16)22(20-12-6-17(2)7-13-20)21-14-8-18(3)9-15-21;1-15-7-11-17(12-8-15)21-22-19-5-3-4-6-20(19)23(21)18-13-9-16(2)10-14-18;1-16-14-21(15-17(2)18(16)3)23(22,19-10-6-4-7-11-19)20-12-8-5-9-13-20;1-7-8(2)20-14-13(19-7)15-17(23-10(4)9(3)21-15)18-16(14)22-11(5)12(6)24-18/h5-24H,1-4H3;4-15H,1-3H3;3-14H,1-2H3;4-15H,1-3H3;1-6H3. The summed E-state index contributed by atoms with van der Waals surface area (Å²) < 4.78 is 16.5. The van der Waals surface area contributed by atoms with Crippen molar-refractivity contribution in [2.24, 2.45) is 0 Å². The summed E-state index contributed by atoms with van der Waals surface area (Å²) in [6, 6.07) is 121. The quantitative estimate of drug-likeness (QED) is 0.0601. The van der Waals surface area contributed by atoms with Crippen molar-refractivity contribution in [2.75, 3.05) is 0 Å². The molecule has 15 aromatic carbocycles. The highest BCUT2D eigenvalue weighted by Gasteiger charge is 2.32. The SMILES string of the molecule is Cc1cc(P(=O)(c2ccccc2)c2ccccc2)cc(C)c1C.Cc1ccc(-c2nc3ccccc3n2-c2ccc(C)cc2)cc1.Cc1ccc(B(c2ccc(C)cc2)c2ccc(B(c3ccc(C)cc3)c3ccc(C)cc3)cc2)cc1.Cc1ccc(B(c2ccc(C)cc2)c2ccc(C)cc2)cc1.Cc1nc2c3nc(C)c(C)nc3c3nc(C)c(C)nc3c2nc1C. The number of hydrogen-bond donors (Lipinski definition) is 0. The van der Waals surface area contributed by atoms with Crippen molar-refractivity contribution in [1.82, 2.24) is 39.5 Å². The summed E-state index contributed by atoms with van der Waals surface area (Å²) in [4.78, 5) is 33.3. The monoisotopic (exact) mass is 1680 g/mol. The largest absolute Gasteiger partial charge is 0.309 e. The van der Waals surface area contributed by atoms with E-state index in [9.17, 15) is 4.57 Å². The van der Waals surface area contributed by atoms with Crippen LogP contribution in [0.2, 0.25) is 0 Å². The van der Waals surface area contributed by atoms with Gasteiger partial charge in [-0.3, -0.25) is 4.57 Å². The zero-order valence-corrected chi connectivity index (χ0v) is 77.9. The van der Waals surface area contributed by atoms with Gasteiger partial charge in [-0.15, -0.1) is 0 Å². The highest BCUT2D eigenvalue weighted by atomic mass is 31.2. The molecule has 0 aliphatic heterocycles. The highest BCUT2D eigenvalue weighted by Crippen LogP contribution is 2.43. The van der Waals surface area contributed by atoms with Crippen molar-refractivity contribution in [3.8, 4) is 17.1 Å². The molecule has 0 saturated carbocycles. The number of imidazole rings is 1. The first kappa shape index (κ1) is 89.1. The van der Waals surface area contributed by atoms with Gasteiger partial charge in [0.15, 0.2) is 7.14 Å². The molecule has 0 spiro atoms. The fourth-order valence-corrected chi connectivity index (χ4v) is 19.3.